The van der Waals surface area contributed by atoms with Crippen molar-refractivity contribution in [3.63, 3.8) is 0 Å². The van der Waals surface area contributed by atoms with Crippen molar-refractivity contribution in [2.24, 2.45) is 0 Å². The van der Waals surface area contributed by atoms with Crippen LogP contribution in [0.25, 0.3) is 0 Å². The number of carboxylic acid groups (broad SMARTS) is 1. The Morgan fingerprint density at radius 1 is 1.36 bits per heavy atom. The largest absolute Gasteiger partial charge is 1.00 e. The third-order valence-electron chi connectivity index (χ3n) is 1.25. The quantitative estimate of drug-likeness (QED) is 0.399. The number of aliphatic carboxylic acids is 1. The molecule has 0 aliphatic carbocycles. The molecule has 0 saturated carbocycles. The summed E-state index contributed by atoms with van der Waals surface area (Å²) in [5.74, 6) is -1.00. The molecule has 0 bridgehead atoms. The zero-order valence-electron chi connectivity index (χ0n) is 7.39. The smallest absolute Gasteiger partial charge is 0.549 e. The predicted octanol–water partition coefficient (Wildman–Crippen LogP) is -4.74. The number of nitrogens with zero attached hydrogens (tertiary/aromatic N) is 1. The molecule has 11 heavy (non-hydrogen) atoms. The summed E-state index contributed by atoms with van der Waals surface area (Å²) in [4.78, 5) is 11.8. The minimum atomic E-state index is -1.00. The van der Waals surface area contributed by atoms with Crippen molar-refractivity contribution in [1.82, 2.24) is 4.90 Å². The number of hydrogen-bond donors (Lipinski definition) is 0. The zero-order chi connectivity index (χ0) is 7.28. The number of carbonyl (C=O) groups excluding carboxylic acids is 1. The molecule has 0 aromatic heterocycles. The number of hydrogen-bond acceptors (Lipinski definition) is 3. The Morgan fingerprint density at radius 3 is 1.82 bits per heavy atom. The summed E-state index contributed by atoms with van der Waals surface area (Å²) in [5.41, 5.74) is 0. The summed E-state index contributed by atoms with van der Waals surface area (Å²) in [6.07, 6.45) is 0. The standard InChI is InChI=1S/C6H13NO2.Na.H2O/c1-3-7(4-2)5-6(8)9;;/h3-5H2,1-2H3,(H,8,9);;1H2/q;+1;/p-1. The van der Waals surface area contributed by atoms with Crippen molar-refractivity contribution in [3.8, 4) is 0 Å². The first kappa shape index (κ1) is 17.5. The van der Waals surface area contributed by atoms with E-state index in [4.69, 9.17) is 0 Å². The van der Waals surface area contributed by atoms with Crippen LogP contribution in [0.15, 0.2) is 0 Å². The van der Waals surface area contributed by atoms with E-state index in [-0.39, 0.29) is 41.6 Å². The molecule has 0 atom stereocenters. The van der Waals surface area contributed by atoms with Gasteiger partial charge >= 0.3 is 29.6 Å². The first-order chi connectivity index (χ1) is 4.20. The average molecular weight is 171 g/mol. The monoisotopic (exact) mass is 171 g/mol. The Kier molecular flexibility index (Phi) is 16.5. The topological polar surface area (TPSA) is 74.9 Å². The first-order valence-electron chi connectivity index (χ1n) is 3.12. The van der Waals surface area contributed by atoms with E-state index >= 15 is 0 Å². The molecule has 0 aliphatic rings. The van der Waals surface area contributed by atoms with Gasteiger partial charge in [0.15, 0.2) is 0 Å². The van der Waals surface area contributed by atoms with Gasteiger partial charge in [0.05, 0.1) is 5.97 Å². The summed E-state index contributed by atoms with van der Waals surface area (Å²) in [5, 5.41) is 9.97. The molecule has 0 radical (unpaired) electrons. The van der Waals surface area contributed by atoms with Crippen LogP contribution < -0.4 is 34.7 Å². The summed E-state index contributed by atoms with van der Waals surface area (Å²) in [6, 6.07) is 0. The van der Waals surface area contributed by atoms with Gasteiger partial charge in [-0.2, -0.15) is 0 Å². The summed E-state index contributed by atoms with van der Waals surface area (Å²) >= 11 is 0. The molecule has 0 rings (SSSR count). The Hall–Kier alpha value is 0.390. The van der Waals surface area contributed by atoms with Gasteiger partial charge in [0.2, 0.25) is 0 Å². The van der Waals surface area contributed by atoms with Crippen LogP contribution in [0.5, 0.6) is 0 Å². The maximum absolute atomic E-state index is 9.97. The Morgan fingerprint density at radius 2 is 1.73 bits per heavy atom. The second-order valence-corrected chi connectivity index (χ2v) is 1.83. The predicted molar refractivity (Wildman–Crippen MR) is 36.4 cm³/mol. The molecule has 0 unspecified atom stereocenters. The van der Waals surface area contributed by atoms with Crippen LogP contribution in [0.3, 0.4) is 0 Å². The molecule has 4 nitrogen and oxygen atoms in total. The summed E-state index contributed by atoms with van der Waals surface area (Å²) < 4.78 is 0. The Bertz CT molecular complexity index is 95.8. The number of rotatable bonds is 4. The van der Waals surface area contributed by atoms with Crippen molar-refractivity contribution in [1.29, 1.82) is 0 Å². The molecular weight excluding hydrogens is 157 g/mol. The normalized spacial score (nSPS) is 8.27. The number of carboxylic acids is 1. The maximum Gasteiger partial charge on any atom is 1.00 e. The molecule has 5 heteroatoms. The van der Waals surface area contributed by atoms with Gasteiger partial charge in [-0.1, -0.05) is 13.8 Å². The molecule has 62 valence electrons. The van der Waals surface area contributed by atoms with Gasteiger partial charge in [-0.05, 0) is 13.1 Å². The summed E-state index contributed by atoms with van der Waals surface area (Å²) in [7, 11) is 0. The molecule has 0 saturated heterocycles. The van der Waals surface area contributed by atoms with Crippen LogP contribution in [-0.2, 0) is 4.79 Å². The van der Waals surface area contributed by atoms with Gasteiger partial charge in [0.1, 0.15) is 0 Å². The molecule has 2 N–H and O–H groups in total. The van der Waals surface area contributed by atoms with E-state index in [0.29, 0.717) is 0 Å². The van der Waals surface area contributed by atoms with Crippen LogP contribution >= 0.6 is 0 Å². The van der Waals surface area contributed by atoms with Crippen LogP contribution in [0.4, 0.5) is 0 Å². The van der Waals surface area contributed by atoms with Gasteiger partial charge in [-0.3, -0.25) is 4.90 Å². The van der Waals surface area contributed by atoms with Crippen molar-refractivity contribution in [2.45, 2.75) is 13.8 Å². The fraction of sp³-hybridized carbons (Fsp3) is 0.833. The number of likely N-dealkylation sites (N-methyl/N-ethyl adjacent to an activating group) is 1. The van der Waals surface area contributed by atoms with E-state index in [1.165, 1.54) is 0 Å². The van der Waals surface area contributed by atoms with E-state index in [0.717, 1.165) is 13.1 Å². The second-order valence-electron chi connectivity index (χ2n) is 1.83. The third kappa shape index (κ3) is 10.4. The second kappa shape index (κ2) is 10.4. The van der Waals surface area contributed by atoms with E-state index in [1.807, 2.05) is 13.8 Å². The fourth-order valence-electron chi connectivity index (χ4n) is 0.630. The van der Waals surface area contributed by atoms with Crippen molar-refractivity contribution in [3.05, 3.63) is 0 Å². The van der Waals surface area contributed by atoms with Gasteiger partial charge in [0.25, 0.3) is 0 Å². The minimum Gasteiger partial charge on any atom is -0.549 e. The van der Waals surface area contributed by atoms with Crippen LogP contribution in [0.2, 0.25) is 0 Å². The molecule has 0 heterocycles. The van der Waals surface area contributed by atoms with Crippen molar-refractivity contribution in [2.75, 3.05) is 19.6 Å². The van der Waals surface area contributed by atoms with E-state index in [2.05, 4.69) is 0 Å². The Labute approximate surface area is 89.2 Å². The molecule has 0 aliphatic heterocycles. The minimum absolute atomic E-state index is 0. The van der Waals surface area contributed by atoms with Gasteiger partial charge in [0, 0.05) is 6.54 Å². The molecular formula is C6H14NNaO3. The van der Waals surface area contributed by atoms with Gasteiger partial charge in [-0.15, -0.1) is 0 Å². The molecule has 0 aromatic rings. The molecule has 0 aromatic carbocycles. The average Bonchev–Trinajstić information content (AvgIpc) is 1.82. The van der Waals surface area contributed by atoms with Gasteiger partial charge < -0.3 is 15.4 Å². The first-order valence-corrected chi connectivity index (χ1v) is 3.12. The number of carbonyl (C=O) groups is 1. The maximum atomic E-state index is 9.97. The zero-order valence-corrected chi connectivity index (χ0v) is 9.39. The SMILES string of the molecule is CCN(CC)CC(=O)[O-].O.[Na+]. The van der Waals surface area contributed by atoms with Gasteiger partial charge in [-0.25, -0.2) is 0 Å². The van der Waals surface area contributed by atoms with E-state index in [1.54, 1.807) is 4.90 Å². The van der Waals surface area contributed by atoms with E-state index < -0.39 is 5.97 Å². The van der Waals surface area contributed by atoms with Crippen LogP contribution in [0, 0.1) is 0 Å². The summed E-state index contributed by atoms with van der Waals surface area (Å²) in [6.45, 7) is 5.43. The molecule has 0 spiro atoms. The van der Waals surface area contributed by atoms with Crippen molar-refractivity contribution >= 4 is 5.97 Å². The third-order valence-corrected chi connectivity index (χ3v) is 1.25. The van der Waals surface area contributed by atoms with Crippen LogP contribution in [-0.4, -0.2) is 36.0 Å². The Balaban J connectivity index is -0.000000320. The van der Waals surface area contributed by atoms with Crippen molar-refractivity contribution < 1.29 is 44.9 Å². The molecule has 0 fully saturated rings. The van der Waals surface area contributed by atoms with E-state index in [9.17, 15) is 9.90 Å². The molecule has 0 amide bonds. The van der Waals surface area contributed by atoms with Crippen LogP contribution in [0.1, 0.15) is 13.8 Å². The fourth-order valence-corrected chi connectivity index (χ4v) is 0.630.